The van der Waals surface area contributed by atoms with Crippen LogP contribution in [0.1, 0.15) is 21.3 Å². The van der Waals surface area contributed by atoms with Gasteiger partial charge in [-0.15, -0.1) is 21.5 Å². The van der Waals surface area contributed by atoms with Gasteiger partial charge in [-0.05, 0) is 42.5 Å². The monoisotopic (exact) mass is 497 g/mol. The molecule has 8 nitrogen and oxygen atoms in total. The van der Waals surface area contributed by atoms with Crippen molar-refractivity contribution in [1.82, 2.24) is 25.1 Å². The highest BCUT2D eigenvalue weighted by molar-refractivity contribution is 7.98. The number of thioether (sulfide) groups is 1. The van der Waals surface area contributed by atoms with Crippen LogP contribution in [-0.2, 0) is 12.3 Å². The second kappa shape index (κ2) is 9.65. The Morgan fingerprint density at radius 2 is 2.00 bits per heavy atom. The Labute approximate surface area is 201 Å². The molecule has 33 heavy (non-hydrogen) atoms. The highest BCUT2D eigenvalue weighted by Gasteiger charge is 2.19. The fourth-order valence-corrected chi connectivity index (χ4v) is 4.98. The Hall–Kier alpha value is -3.34. The van der Waals surface area contributed by atoms with Gasteiger partial charge >= 0.3 is 0 Å². The molecule has 0 aliphatic heterocycles. The van der Waals surface area contributed by atoms with Gasteiger partial charge in [0, 0.05) is 10.4 Å². The average Bonchev–Trinajstić information content (AvgIpc) is 3.62. The van der Waals surface area contributed by atoms with Crippen molar-refractivity contribution in [3.05, 3.63) is 87.9 Å². The largest absolute Gasteiger partial charge is 0.467 e. The molecule has 0 unspecified atom stereocenters. The summed E-state index contributed by atoms with van der Waals surface area (Å²) in [6.07, 6.45) is 3.16. The SMILES string of the molecule is O=C(NCc1ccco1)c1csc(CSc2nnc(-c3ccco3)n2-c2cccc(Cl)c2)n1. The van der Waals surface area contributed by atoms with E-state index < -0.39 is 0 Å². The number of rotatable bonds is 8. The van der Waals surface area contributed by atoms with Crippen molar-refractivity contribution in [3.63, 3.8) is 0 Å². The maximum absolute atomic E-state index is 12.4. The van der Waals surface area contributed by atoms with Crippen LogP contribution in [0.5, 0.6) is 0 Å². The van der Waals surface area contributed by atoms with E-state index in [-0.39, 0.29) is 5.91 Å². The summed E-state index contributed by atoms with van der Waals surface area (Å²) in [4.78, 5) is 16.8. The van der Waals surface area contributed by atoms with Gasteiger partial charge in [-0.25, -0.2) is 4.98 Å². The van der Waals surface area contributed by atoms with E-state index >= 15 is 0 Å². The summed E-state index contributed by atoms with van der Waals surface area (Å²) in [5.74, 6) is 2.12. The van der Waals surface area contributed by atoms with Crippen LogP contribution in [0.15, 0.2) is 80.4 Å². The minimum Gasteiger partial charge on any atom is -0.467 e. The molecule has 5 aromatic rings. The van der Waals surface area contributed by atoms with Crippen LogP contribution in [0.2, 0.25) is 5.02 Å². The Morgan fingerprint density at radius 3 is 2.79 bits per heavy atom. The van der Waals surface area contributed by atoms with Crippen LogP contribution in [0.3, 0.4) is 0 Å². The van der Waals surface area contributed by atoms with Crippen molar-refractivity contribution in [3.8, 4) is 17.3 Å². The van der Waals surface area contributed by atoms with Crippen molar-refractivity contribution in [2.75, 3.05) is 0 Å². The van der Waals surface area contributed by atoms with Crippen LogP contribution in [0, 0.1) is 0 Å². The van der Waals surface area contributed by atoms with Gasteiger partial charge in [-0.3, -0.25) is 9.36 Å². The molecule has 0 saturated carbocycles. The van der Waals surface area contributed by atoms with Crippen molar-refractivity contribution < 1.29 is 13.6 Å². The summed E-state index contributed by atoms with van der Waals surface area (Å²) >= 11 is 9.10. The van der Waals surface area contributed by atoms with Gasteiger partial charge in [0.15, 0.2) is 10.9 Å². The molecule has 0 aliphatic carbocycles. The number of aromatic nitrogens is 4. The third-order valence-corrected chi connectivity index (χ3v) is 6.76. The highest BCUT2D eigenvalue weighted by Crippen LogP contribution is 2.31. The molecule has 0 fully saturated rings. The number of nitrogens with zero attached hydrogens (tertiary/aromatic N) is 4. The number of hydrogen-bond donors (Lipinski definition) is 1. The second-order valence-corrected chi connectivity index (χ2v) is 9.10. The zero-order valence-electron chi connectivity index (χ0n) is 17.0. The first-order chi connectivity index (χ1) is 16.2. The lowest BCUT2D eigenvalue weighted by Crippen LogP contribution is -2.22. The second-order valence-electron chi connectivity index (χ2n) is 6.78. The summed E-state index contributed by atoms with van der Waals surface area (Å²) in [7, 11) is 0. The molecular weight excluding hydrogens is 482 g/mol. The first-order valence-electron chi connectivity index (χ1n) is 9.80. The molecule has 0 atom stereocenters. The first kappa shape index (κ1) is 21.5. The third-order valence-electron chi connectivity index (χ3n) is 4.55. The fraction of sp³-hybridized carbons (Fsp3) is 0.0909. The Bertz CT molecular complexity index is 1360. The summed E-state index contributed by atoms with van der Waals surface area (Å²) in [5.41, 5.74) is 1.19. The predicted octanol–water partition coefficient (Wildman–Crippen LogP) is 5.45. The molecule has 0 bridgehead atoms. The minimum absolute atomic E-state index is 0.249. The lowest BCUT2D eigenvalue weighted by molar-refractivity contribution is 0.0943. The number of nitrogens with one attached hydrogen (secondary N) is 1. The first-order valence-corrected chi connectivity index (χ1v) is 12.0. The molecule has 4 aromatic heterocycles. The van der Waals surface area contributed by atoms with E-state index in [2.05, 4.69) is 20.5 Å². The van der Waals surface area contributed by atoms with E-state index in [1.807, 2.05) is 34.9 Å². The van der Waals surface area contributed by atoms with E-state index in [9.17, 15) is 4.79 Å². The van der Waals surface area contributed by atoms with E-state index in [1.54, 1.807) is 36.1 Å². The topological polar surface area (TPSA) is 99.0 Å². The Morgan fingerprint density at radius 1 is 1.12 bits per heavy atom. The van der Waals surface area contributed by atoms with Crippen molar-refractivity contribution in [1.29, 1.82) is 0 Å². The molecule has 0 spiro atoms. The van der Waals surface area contributed by atoms with E-state index in [1.165, 1.54) is 23.1 Å². The quantitative estimate of drug-likeness (QED) is 0.284. The van der Waals surface area contributed by atoms with Crippen LogP contribution in [-0.4, -0.2) is 25.7 Å². The normalized spacial score (nSPS) is 11.1. The average molecular weight is 498 g/mol. The van der Waals surface area contributed by atoms with Gasteiger partial charge in [0.25, 0.3) is 5.91 Å². The molecule has 166 valence electrons. The van der Waals surface area contributed by atoms with Gasteiger partial charge in [-0.1, -0.05) is 29.4 Å². The number of halogens is 1. The summed E-state index contributed by atoms with van der Waals surface area (Å²) < 4.78 is 12.7. The zero-order valence-corrected chi connectivity index (χ0v) is 19.4. The Balaban J connectivity index is 1.33. The molecule has 11 heteroatoms. The molecule has 5 rings (SSSR count). The fourth-order valence-electron chi connectivity index (χ4n) is 3.06. The smallest absolute Gasteiger partial charge is 0.271 e. The predicted molar refractivity (Wildman–Crippen MR) is 126 cm³/mol. The number of carbonyl (C=O) groups is 1. The van der Waals surface area contributed by atoms with E-state index in [0.29, 0.717) is 45.5 Å². The molecule has 0 aliphatic rings. The number of carbonyl (C=O) groups excluding carboxylic acids is 1. The highest BCUT2D eigenvalue weighted by atomic mass is 35.5. The number of hydrogen-bond acceptors (Lipinski definition) is 8. The van der Waals surface area contributed by atoms with Gasteiger partial charge < -0.3 is 14.2 Å². The van der Waals surface area contributed by atoms with Crippen LogP contribution in [0.25, 0.3) is 17.3 Å². The van der Waals surface area contributed by atoms with Gasteiger partial charge in [0.2, 0.25) is 5.82 Å². The standard InChI is InChI=1S/C22H16ClN5O3S2/c23-14-4-1-5-15(10-14)28-20(18-7-3-9-31-18)26-27-22(28)33-13-19-25-17(12-32-19)21(29)24-11-16-6-2-8-30-16/h1-10,12H,11,13H2,(H,24,29). The Kier molecular flexibility index (Phi) is 6.29. The van der Waals surface area contributed by atoms with Crippen molar-refractivity contribution >= 4 is 40.6 Å². The molecule has 1 N–H and O–H groups in total. The van der Waals surface area contributed by atoms with Crippen molar-refractivity contribution in [2.45, 2.75) is 17.5 Å². The van der Waals surface area contributed by atoms with Crippen LogP contribution in [0.4, 0.5) is 0 Å². The molecule has 1 amide bonds. The van der Waals surface area contributed by atoms with Crippen LogP contribution < -0.4 is 5.32 Å². The number of thiazole rings is 1. The molecule has 1 aromatic carbocycles. The zero-order chi connectivity index (χ0) is 22.6. The maximum atomic E-state index is 12.4. The van der Waals surface area contributed by atoms with Crippen molar-refractivity contribution in [2.24, 2.45) is 0 Å². The minimum atomic E-state index is -0.249. The molecular formula is C22H16ClN5O3S2. The van der Waals surface area contributed by atoms with E-state index in [0.717, 1.165) is 10.7 Å². The lowest BCUT2D eigenvalue weighted by atomic mass is 10.3. The van der Waals surface area contributed by atoms with E-state index in [4.69, 9.17) is 20.4 Å². The number of benzene rings is 1. The molecule has 0 radical (unpaired) electrons. The lowest BCUT2D eigenvalue weighted by Gasteiger charge is -2.09. The van der Waals surface area contributed by atoms with Crippen LogP contribution >= 0.6 is 34.7 Å². The summed E-state index contributed by atoms with van der Waals surface area (Å²) in [6.45, 7) is 0.311. The molecule has 0 saturated heterocycles. The number of furan rings is 2. The number of amides is 1. The third kappa shape index (κ3) is 4.87. The van der Waals surface area contributed by atoms with Gasteiger partial charge in [0.05, 0.1) is 30.5 Å². The van der Waals surface area contributed by atoms with Gasteiger partial charge in [-0.2, -0.15) is 0 Å². The summed E-state index contributed by atoms with van der Waals surface area (Å²) in [5, 5.41) is 15.3. The maximum Gasteiger partial charge on any atom is 0.271 e. The summed E-state index contributed by atoms with van der Waals surface area (Å²) in [6, 6.07) is 14.6. The van der Waals surface area contributed by atoms with Gasteiger partial charge in [0.1, 0.15) is 16.5 Å². The molecule has 4 heterocycles.